The summed E-state index contributed by atoms with van der Waals surface area (Å²) in [6.07, 6.45) is -4.30. The predicted molar refractivity (Wildman–Crippen MR) is 64.1 cm³/mol. The molecular weight excluding hydrogens is 313 g/mol. The molecule has 0 aliphatic rings. The van der Waals surface area contributed by atoms with Crippen LogP contribution >= 0.6 is 15.9 Å². The van der Waals surface area contributed by atoms with E-state index in [1.165, 1.54) is 12.1 Å². The van der Waals surface area contributed by atoms with Crippen molar-refractivity contribution in [2.24, 2.45) is 0 Å². The van der Waals surface area contributed by atoms with E-state index in [2.05, 4.69) is 26.0 Å². The summed E-state index contributed by atoms with van der Waals surface area (Å²) in [6.45, 7) is 1.75. The van der Waals surface area contributed by atoms with Crippen LogP contribution in [0.5, 0.6) is 5.75 Å². The molecule has 0 heterocycles. The van der Waals surface area contributed by atoms with Crippen LogP contribution in [0.4, 0.5) is 18.9 Å². The van der Waals surface area contributed by atoms with E-state index >= 15 is 0 Å². The molecule has 0 saturated carbocycles. The van der Waals surface area contributed by atoms with Crippen molar-refractivity contribution in [1.29, 1.82) is 5.26 Å². The highest BCUT2D eigenvalue weighted by atomic mass is 79.9. The summed E-state index contributed by atoms with van der Waals surface area (Å²) >= 11 is 3.06. The number of nitrogens with zero attached hydrogens (tertiary/aromatic N) is 1. The summed E-state index contributed by atoms with van der Waals surface area (Å²) in [7, 11) is 0. The summed E-state index contributed by atoms with van der Waals surface area (Å²) in [5.41, 5.74) is 0.129. The Morgan fingerprint density at radius 1 is 1.50 bits per heavy atom. The topological polar surface area (TPSA) is 45.0 Å². The van der Waals surface area contributed by atoms with E-state index in [1.54, 1.807) is 13.0 Å². The molecule has 1 atom stereocenters. The van der Waals surface area contributed by atoms with Crippen molar-refractivity contribution in [3.63, 3.8) is 0 Å². The fourth-order valence-electron chi connectivity index (χ4n) is 1.24. The van der Waals surface area contributed by atoms with Crippen LogP contribution in [0.1, 0.15) is 13.3 Å². The Morgan fingerprint density at radius 2 is 2.17 bits per heavy atom. The summed E-state index contributed by atoms with van der Waals surface area (Å²) in [4.78, 5) is 0. The van der Waals surface area contributed by atoms with Crippen LogP contribution in [0.25, 0.3) is 0 Å². The van der Waals surface area contributed by atoms with Gasteiger partial charge in [-0.3, -0.25) is 0 Å². The Balaban J connectivity index is 3.00. The largest absolute Gasteiger partial charge is 0.573 e. The molecule has 18 heavy (non-hydrogen) atoms. The van der Waals surface area contributed by atoms with Gasteiger partial charge in [0.15, 0.2) is 5.75 Å². The summed E-state index contributed by atoms with van der Waals surface area (Å²) in [5, 5.41) is 11.5. The molecule has 0 saturated heterocycles. The van der Waals surface area contributed by atoms with Crippen LogP contribution in [0.2, 0.25) is 0 Å². The maximum absolute atomic E-state index is 12.2. The van der Waals surface area contributed by atoms with Gasteiger partial charge in [-0.25, -0.2) is 0 Å². The van der Waals surface area contributed by atoms with Crippen molar-refractivity contribution in [2.75, 3.05) is 5.32 Å². The fraction of sp³-hybridized carbons (Fsp3) is 0.364. The van der Waals surface area contributed by atoms with Gasteiger partial charge in [-0.05, 0) is 24.6 Å². The molecule has 0 fully saturated rings. The van der Waals surface area contributed by atoms with Crippen molar-refractivity contribution in [3.05, 3.63) is 22.7 Å². The Kier molecular flexibility index (Phi) is 4.84. The van der Waals surface area contributed by atoms with Gasteiger partial charge in [0.2, 0.25) is 0 Å². The van der Waals surface area contributed by atoms with Gasteiger partial charge in [0.05, 0.1) is 11.8 Å². The molecule has 1 N–H and O–H groups in total. The van der Waals surface area contributed by atoms with Gasteiger partial charge in [0.25, 0.3) is 0 Å². The zero-order valence-electron chi connectivity index (χ0n) is 9.38. The maximum atomic E-state index is 12.2. The molecule has 0 radical (unpaired) electrons. The third kappa shape index (κ3) is 4.45. The normalized spacial score (nSPS) is 12.7. The number of benzene rings is 1. The maximum Gasteiger partial charge on any atom is 0.573 e. The first-order valence-corrected chi connectivity index (χ1v) is 5.86. The van der Waals surface area contributed by atoms with Crippen LogP contribution in [0, 0.1) is 11.3 Å². The summed E-state index contributed by atoms with van der Waals surface area (Å²) in [6, 6.07) is 5.56. The highest BCUT2D eigenvalue weighted by Gasteiger charge is 2.32. The predicted octanol–water partition coefficient (Wildman–Crippen LogP) is 4.06. The second kappa shape index (κ2) is 5.96. The second-order valence-electron chi connectivity index (χ2n) is 3.42. The molecule has 0 aliphatic carbocycles. The summed E-state index contributed by atoms with van der Waals surface area (Å²) < 4.78 is 41.0. The third-order valence-corrected chi connectivity index (χ3v) is 2.56. The molecule has 0 spiro atoms. The van der Waals surface area contributed by atoms with Crippen LogP contribution in [0.15, 0.2) is 22.7 Å². The second-order valence-corrected chi connectivity index (χ2v) is 4.34. The van der Waals surface area contributed by atoms with Gasteiger partial charge >= 0.3 is 6.36 Å². The van der Waals surface area contributed by atoms with Crippen molar-refractivity contribution >= 4 is 21.6 Å². The average Bonchev–Trinajstić information content (AvgIpc) is 2.26. The van der Waals surface area contributed by atoms with E-state index < -0.39 is 12.4 Å². The number of rotatable bonds is 4. The Morgan fingerprint density at radius 3 is 2.67 bits per heavy atom. The van der Waals surface area contributed by atoms with Gasteiger partial charge in [0, 0.05) is 4.47 Å². The number of anilines is 1. The van der Waals surface area contributed by atoms with Crippen LogP contribution in [0.3, 0.4) is 0 Å². The Hall–Kier alpha value is -1.42. The van der Waals surface area contributed by atoms with Crippen molar-refractivity contribution in [2.45, 2.75) is 25.7 Å². The number of hydrogen-bond acceptors (Lipinski definition) is 3. The minimum Gasteiger partial charge on any atom is -0.404 e. The minimum absolute atomic E-state index is 0.129. The molecule has 1 aromatic carbocycles. The first kappa shape index (κ1) is 14.6. The van der Waals surface area contributed by atoms with E-state index in [0.717, 1.165) is 0 Å². The van der Waals surface area contributed by atoms with E-state index in [1.807, 2.05) is 6.07 Å². The number of halogens is 4. The zero-order chi connectivity index (χ0) is 13.8. The number of nitrogens with one attached hydrogen (secondary N) is 1. The molecule has 1 unspecified atom stereocenters. The van der Waals surface area contributed by atoms with Crippen LogP contribution in [-0.2, 0) is 0 Å². The SMILES string of the molecule is CCC(C#N)Nc1ccc(Br)cc1OC(F)(F)F. The lowest BCUT2D eigenvalue weighted by Gasteiger charge is -2.17. The molecule has 1 rings (SSSR count). The number of ether oxygens (including phenoxy) is 1. The zero-order valence-corrected chi connectivity index (χ0v) is 11.0. The molecule has 0 bridgehead atoms. The van der Waals surface area contributed by atoms with E-state index in [0.29, 0.717) is 10.9 Å². The monoisotopic (exact) mass is 322 g/mol. The molecule has 98 valence electrons. The molecule has 7 heteroatoms. The van der Waals surface area contributed by atoms with Gasteiger partial charge in [-0.1, -0.05) is 22.9 Å². The van der Waals surface area contributed by atoms with Crippen LogP contribution < -0.4 is 10.1 Å². The minimum atomic E-state index is -4.77. The van der Waals surface area contributed by atoms with E-state index in [-0.39, 0.29) is 11.4 Å². The van der Waals surface area contributed by atoms with Gasteiger partial charge in [0.1, 0.15) is 6.04 Å². The quantitative estimate of drug-likeness (QED) is 0.909. The van der Waals surface area contributed by atoms with Crippen molar-refractivity contribution < 1.29 is 17.9 Å². The van der Waals surface area contributed by atoms with E-state index in [4.69, 9.17) is 5.26 Å². The molecular formula is C11H10BrF3N2O. The first-order chi connectivity index (χ1) is 8.35. The third-order valence-electron chi connectivity index (χ3n) is 2.06. The summed E-state index contributed by atoms with van der Waals surface area (Å²) in [5.74, 6) is -0.370. The average molecular weight is 323 g/mol. The molecule has 1 aromatic rings. The lowest BCUT2D eigenvalue weighted by molar-refractivity contribution is -0.274. The number of hydrogen-bond donors (Lipinski definition) is 1. The Labute approximate surface area is 111 Å². The van der Waals surface area contributed by atoms with Crippen LogP contribution in [-0.4, -0.2) is 12.4 Å². The van der Waals surface area contributed by atoms with Gasteiger partial charge in [-0.2, -0.15) is 5.26 Å². The number of nitriles is 1. The molecule has 3 nitrogen and oxygen atoms in total. The lowest BCUT2D eigenvalue weighted by atomic mass is 10.2. The van der Waals surface area contributed by atoms with Gasteiger partial charge < -0.3 is 10.1 Å². The highest BCUT2D eigenvalue weighted by Crippen LogP contribution is 2.33. The van der Waals surface area contributed by atoms with Crippen molar-refractivity contribution in [3.8, 4) is 11.8 Å². The molecule has 0 amide bonds. The lowest BCUT2D eigenvalue weighted by Crippen LogP contribution is -2.20. The number of alkyl halides is 3. The Bertz CT molecular complexity index is 457. The smallest absolute Gasteiger partial charge is 0.404 e. The standard InChI is InChI=1S/C11H10BrF3N2O/c1-2-8(6-16)17-9-4-3-7(12)5-10(9)18-11(13,14)15/h3-5,8,17H,2H2,1H3. The molecule has 0 aliphatic heterocycles. The first-order valence-electron chi connectivity index (χ1n) is 5.07. The highest BCUT2D eigenvalue weighted by molar-refractivity contribution is 9.10. The molecule has 0 aromatic heterocycles. The fourth-order valence-corrected chi connectivity index (χ4v) is 1.58. The van der Waals surface area contributed by atoms with E-state index in [9.17, 15) is 13.2 Å². The van der Waals surface area contributed by atoms with Crippen molar-refractivity contribution in [1.82, 2.24) is 0 Å². The van der Waals surface area contributed by atoms with Gasteiger partial charge in [-0.15, -0.1) is 13.2 Å².